The highest BCUT2D eigenvalue weighted by Crippen LogP contribution is 2.34. The number of para-hydroxylation sites is 1. The number of hydrogen-bond donors (Lipinski definition) is 2. The maximum absolute atomic E-state index is 13.4. The van der Waals surface area contributed by atoms with E-state index in [0.29, 0.717) is 18.8 Å². The fourth-order valence-corrected chi connectivity index (χ4v) is 4.62. The number of carbonyl (C=O) groups excluding carboxylic acids is 1. The van der Waals surface area contributed by atoms with Crippen LogP contribution in [0.5, 0.6) is 5.75 Å². The SMILES string of the molecule is Cc1cc(=O)c(O)c(C(CC(=O)N2CCc3c([nH]c4ccccc34)C2)c2ccccc2)o1. The third-order valence-electron chi connectivity index (χ3n) is 6.20. The number of aromatic nitrogens is 1. The van der Waals surface area contributed by atoms with E-state index in [4.69, 9.17) is 4.42 Å². The molecule has 0 radical (unpaired) electrons. The van der Waals surface area contributed by atoms with Crippen LogP contribution in [0.2, 0.25) is 0 Å². The van der Waals surface area contributed by atoms with E-state index in [1.54, 1.807) is 6.92 Å². The average Bonchev–Trinajstić information content (AvgIpc) is 3.18. The second-order valence-electron chi connectivity index (χ2n) is 8.29. The molecule has 0 saturated heterocycles. The van der Waals surface area contributed by atoms with E-state index in [2.05, 4.69) is 11.1 Å². The second kappa shape index (κ2) is 8.04. The number of H-pyrrole nitrogens is 1. The fourth-order valence-electron chi connectivity index (χ4n) is 4.62. The highest BCUT2D eigenvalue weighted by molar-refractivity contribution is 5.86. The first-order valence-corrected chi connectivity index (χ1v) is 10.8. The van der Waals surface area contributed by atoms with Crippen LogP contribution in [0.25, 0.3) is 10.9 Å². The molecule has 0 saturated carbocycles. The van der Waals surface area contributed by atoms with Gasteiger partial charge in [-0.05, 0) is 30.5 Å². The maximum atomic E-state index is 13.4. The van der Waals surface area contributed by atoms with E-state index in [1.807, 2.05) is 53.4 Å². The summed E-state index contributed by atoms with van der Waals surface area (Å²) in [6.45, 7) is 2.79. The van der Waals surface area contributed by atoms with Crippen molar-refractivity contribution in [1.82, 2.24) is 9.88 Å². The predicted octanol–water partition coefficient (Wildman–Crippen LogP) is 4.24. The van der Waals surface area contributed by atoms with Crippen LogP contribution in [0, 0.1) is 6.92 Å². The molecule has 162 valence electrons. The Bertz CT molecular complexity index is 1350. The molecule has 1 atom stereocenters. The zero-order valence-electron chi connectivity index (χ0n) is 17.8. The summed E-state index contributed by atoms with van der Waals surface area (Å²) in [5.41, 5.74) is 3.73. The number of amides is 1. The first kappa shape index (κ1) is 20.1. The van der Waals surface area contributed by atoms with Crippen molar-refractivity contribution in [3.8, 4) is 5.75 Å². The predicted molar refractivity (Wildman–Crippen MR) is 122 cm³/mol. The Morgan fingerprint density at radius 1 is 1.16 bits per heavy atom. The highest BCUT2D eigenvalue weighted by Gasteiger charge is 2.30. The van der Waals surface area contributed by atoms with Gasteiger partial charge >= 0.3 is 0 Å². The molecule has 0 fully saturated rings. The number of hydrogen-bond acceptors (Lipinski definition) is 4. The van der Waals surface area contributed by atoms with Crippen LogP contribution in [0.4, 0.5) is 0 Å². The summed E-state index contributed by atoms with van der Waals surface area (Å²) in [5.74, 6) is -0.504. The molecule has 2 N–H and O–H groups in total. The van der Waals surface area contributed by atoms with Crippen molar-refractivity contribution in [3.05, 3.63) is 99.2 Å². The Morgan fingerprint density at radius 2 is 1.91 bits per heavy atom. The number of aromatic hydroxyl groups is 1. The summed E-state index contributed by atoms with van der Waals surface area (Å²) in [5, 5.41) is 11.7. The van der Waals surface area contributed by atoms with Crippen LogP contribution >= 0.6 is 0 Å². The van der Waals surface area contributed by atoms with Crippen molar-refractivity contribution in [2.45, 2.75) is 32.2 Å². The zero-order valence-corrected chi connectivity index (χ0v) is 17.8. The molecule has 1 amide bonds. The Balaban J connectivity index is 1.45. The minimum atomic E-state index is -0.555. The van der Waals surface area contributed by atoms with Crippen LogP contribution in [-0.4, -0.2) is 27.4 Å². The number of rotatable bonds is 4. The molecule has 3 heterocycles. The number of nitrogens with one attached hydrogen (secondary N) is 1. The van der Waals surface area contributed by atoms with Gasteiger partial charge in [0.15, 0.2) is 5.76 Å². The van der Waals surface area contributed by atoms with Crippen molar-refractivity contribution >= 4 is 16.8 Å². The lowest BCUT2D eigenvalue weighted by atomic mass is 9.91. The highest BCUT2D eigenvalue weighted by atomic mass is 16.4. The molecule has 2 aromatic carbocycles. The monoisotopic (exact) mass is 428 g/mol. The lowest BCUT2D eigenvalue weighted by Crippen LogP contribution is -2.36. The Morgan fingerprint density at radius 3 is 2.72 bits per heavy atom. The molecule has 4 aromatic rings. The lowest BCUT2D eigenvalue weighted by Gasteiger charge is -2.29. The topological polar surface area (TPSA) is 86.5 Å². The Kier molecular flexibility index (Phi) is 5.05. The molecule has 6 heteroatoms. The third-order valence-corrected chi connectivity index (χ3v) is 6.20. The van der Waals surface area contributed by atoms with Crippen molar-refractivity contribution in [1.29, 1.82) is 0 Å². The van der Waals surface area contributed by atoms with E-state index in [1.165, 1.54) is 17.0 Å². The van der Waals surface area contributed by atoms with Gasteiger partial charge < -0.3 is 19.4 Å². The minimum Gasteiger partial charge on any atom is -0.502 e. The van der Waals surface area contributed by atoms with Crippen LogP contribution in [0.1, 0.15) is 40.7 Å². The first-order chi connectivity index (χ1) is 15.5. The largest absolute Gasteiger partial charge is 0.502 e. The summed E-state index contributed by atoms with van der Waals surface area (Å²) in [4.78, 5) is 30.8. The molecule has 2 aromatic heterocycles. The average molecular weight is 428 g/mol. The third kappa shape index (κ3) is 3.58. The van der Waals surface area contributed by atoms with Gasteiger partial charge in [0.05, 0.1) is 12.5 Å². The standard InChI is InChI=1S/C26H24N2O4/c1-16-13-23(29)25(31)26(32-16)20(17-7-3-2-4-8-17)14-24(30)28-12-11-19-18-9-5-6-10-21(18)27-22(19)15-28/h2-10,13,20,27,31H,11-12,14-15H2,1H3. The summed E-state index contributed by atoms with van der Waals surface area (Å²) in [7, 11) is 0. The van der Waals surface area contributed by atoms with Gasteiger partial charge in [-0.3, -0.25) is 9.59 Å². The van der Waals surface area contributed by atoms with Crippen molar-refractivity contribution in [2.24, 2.45) is 0 Å². The van der Waals surface area contributed by atoms with E-state index < -0.39 is 17.1 Å². The fraction of sp³-hybridized carbons (Fsp3) is 0.231. The quantitative estimate of drug-likeness (QED) is 0.509. The molecule has 1 unspecified atom stereocenters. The van der Waals surface area contributed by atoms with Gasteiger partial charge in [0.2, 0.25) is 17.1 Å². The van der Waals surface area contributed by atoms with E-state index >= 15 is 0 Å². The van der Waals surface area contributed by atoms with E-state index in [9.17, 15) is 14.7 Å². The summed E-state index contributed by atoms with van der Waals surface area (Å²) in [6, 6.07) is 18.8. The summed E-state index contributed by atoms with van der Waals surface area (Å²) < 4.78 is 5.76. The first-order valence-electron chi connectivity index (χ1n) is 10.8. The Hall–Kier alpha value is -3.80. The van der Waals surface area contributed by atoms with Crippen LogP contribution in [0.3, 0.4) is 0 Å². The summed E-state index contributed by atoms with van der Waals surface area (Å²) >= 11 is 0. The molecule has 0 spiro atoms. The van der Waals surface area contributed by atoms with Gasteiger partial charge in [0, 0.05) is 35.6 Å². The van der Waals surface area contributed by atoms with Gasteiger partial charge in [-0.15, -0.1) is 0 Å². The summed E-state index contributed by atoms with van der Waals surface area (Å²) in [6.07, 6.45) is 0.880. The molecule has 1 aliphatic heterocycles. The number of benzene rings is 2. The number of aromatic amines is 1. The number of carbonyl (C=O) groups is 1. The molecule has 0 aliphatic carbocycles. The van der Waals surface area contributed by atoms with E-state index in [-0.39, 0.29) is 18.1 Å². The number of nitrogens with zero attached hydrogens (tertiary/aromatic N) is 1. The van der Waals surface area contributed by atoms with Crippen molar-refractivity contribution in [3.63, 3.8) is 0 Å². The van der Waals surface area contributed by atoms with Gasteiger partial charge in [-0.2, -0.15) is 0 Å². The zero-order chi connectivity index (χ0) is 22.2. The lowest BCUT2D eigenvalue weighted by molar-refractivity contribution is -0.132. The van der Waals surface area contributed by atoms with Crippen LogP contribution in [-0.2, 0) is 17.8 Å². The molecular weight excluding hydrogens is 404 g/mol. The molecule has 1 aliphatic rings. The van der Waals surface area contributed by atoms with Gasteiger partial charge in [0.25, 0.3) is 0 Å². The smallest absolute Gasteiger partial charge is 0.227 e. The number of fused-ring (bicyclic) bond motifs is 3. The van der Waals surface area contributed by atoms with Crippen LogP contribution in [0.15, 0.2) is 69.9 Å². The molecular formula is C26H24N2O4. The normalized spacial score (nSPS) is 14.3. The van der Waals surface area contributed by atoms with E-state index in [0.717, 1.165) is 23.2 Å². The van der Waals surface area contributed by atoms with Crippen molar-refractivity contribution < 1.29 is 14.3 Å². The number of aryl methyl sites for hydroxylation is 1. The van der Waals surface area contributed by atoms with Crippen molar-refractivity contribution in [2.75, 3.05) is 6.54 Å². The second-order valence-corrected chi connectivity index (χ2v) is 8.29. The van der Waals surface area contributed by atoms with Gasteiger partial charge in [-0.25, -0.2) is 0 Å². The molecule has 32 heavy (non-hydrogen) atoms. The Labute approximate surface area is 185 Å². The van der Waals surface area contributed by atoms with Crippen LogP contribution < -0.4 is 5.43 Å². The molecule has 0 bridgehead atoms. The van der Waals surface area contributed by atoms with Gasteiger partial charge in [0.1, 0.15) is 5.76 Å². The molecule has 6 nitrogen and oxygen atoms in total. The maximum Gasteiger partial charge on any atom is 0.227 e. The minimum absolute atomic E-state index is 0.0493. The van der Waals surface area contributed by atoms with Gasteiger partial charge in [-0.1, -0.05) is 48.5 Å². The molecule has 5 rings (SSSR count).